The molecule has 3 nitrogen and oxygen atoms in total. The lowest BCUT2D eigenvalue weighted by atomic mass is 10.1. The van der Waals surface area contributed by atoms with E-state index in [2.05, 4.69) is 0 Å². The molecule has 2 rings (SSSR count). The molecule has 0 spiro atoms. The molecule has 0 heterocycles. The summed E-state index contributed by atoms with van der Waals surface area (Å²) in [4.78, 5) is 13.7. The topological polar surface area (TPSA) is 40.5 Å². The number of carbonyl (C=O) groups excluding carboxylic acids is 1. The molecule has 0 aliphatic carbocycles. The molecule has 0 atom stereocenters. The van der Waals surface area contributed by atoms with Crippen molar-refractivity contribution in [1.82, 2.24) is 4.90 Å². The Morgan fingerprint density at radius 2 is 1.90 bits per heavy atom. The van der Waals surface area contributed by atoms with Gasteiger partial charge in [0.1, 0.15) is 5.75 Å². The zero-order valence-electron chi connectivity index (χ0n) is 12.1. The molecule has 3 heteroatoms. The molecule has 0 bridgehead atoms. The lowest BCUT2D eigenvalue weighted by Crippen LogP contribution is -2.27. The number of phenols is 1. The maximum atomic E-state index is 12.0. The fourth-order valence-corrected chi connectivity index (χ4v) is 1.98. The number of phenolic OH excluding ortho intramolecular Hbond substituents is 1. The molecule has 0 aliphatic heterocycles. The van der Waals surface area contributed by atoms with Crippen molar-refractivity contribution in [2.75, 3.05) is 13.6 Å². The molecule has 0 radical (unpaired) electrons. The third-order valence-electron chi connectivity index (χ3n) is 3.24. The summed E-state index contributed by atoms with van der Waals surface area (Å²) in [7, 11) is 1.78. The molecule has 2 aromatic carbocycles. The van der Waals surface area contributed by atoms with Crippen LogP contribution in [-0.4, -0.2) is 29.5 Å². The van der Waals surface area contributed by atoms with Crippen molar-refractivity contribution in [3.63, 3.8) is 0 Å². The first-order chi connectivity index (χ1) is 10.1. The summed E-state index contributed by atoms with van der Waals surface area (Å²) >= 11 is 0. The highest BCUT2D eigenvalue weighted by atomic mass is 16.3. The van der Waals surface area contributed by atoms with Crippen LogP contribution in [0.25, 0.3) is 6.08 Å². The van der Waals surface area contributed by atoms with Crippen molar-refractivity contribution in [2.24, 2.45) is 0 Å². The van der Waals surface area contributed by atoms with Crippen LogP contribution in [0.15, 0.2) is 60.7 Å². The summed E-state index contributed by atoms with van der Waals surface area (Å²) in [5.41, 5.74) is 2.02. The highest BCUT2D eigenvalue weighted by molar-refractivity contribution is 5.91. The van der Waals surface area contributed by atoms with Gasteiger partial charge in [-0.3, -0.25) is 4.79 Å². The molecule has 0 saturated heterocycles. The molecule has 1 N–H and O–H groups in total. The number of hydrogen-bond acceptors (Lipinski definition) is 2. The summed E-state index contributed by atoms with van der Waals surface area (Å²) in [6.45, 7) is 0.613. The summed E-state index contributed by atoms with van der Waals surface area (Å²) in [5, 5.41) is 9.41. The van der Waals surface area contributed by atoms with Gasteiger partial charge in [0.25, 0.3) is 0 Å². The number of rotatable bonds is 5. The van der Waals surface area contributed by atoms with E-state index in [0.29, 0.717) is 6.54 Å². The number of likely N-dealkylation sites (N-methyl/N-ethyl adjacent to an activating group) is 1. The minimum atomic E-state index is -0.0287. The molecule has 108 valence electrons. The van der Waals surface area contributed by atoms with Gasteiger partial charge in [-0.2, -0.15) is 0 Å². The summed E-state index contributed by atoms with van der Waals surface area (Å²) in [6, 6.07) is 16.8. The molecule has 0 aliphatic rings. The van der Waals surface area contributed by atoms with Gasteiger partial charge in [-0.25, -0.2) is 0 Å². The zero-order valence-corrected chi connectivity index (χ0v) is 12.1. The van der Waals surface area contributed by atoms with Crippen molar-refractivity contribution in [1.29, 1.82) is 0 Å². The number of aromatic hydroxyl groups is 1. The van der Waals surface area contributed by atoms with E-state index in [-0.39, 0.29) is 11.7 Å². The maximum absolute atomic E-state index is 12.0. The highest BCUT2D eigenvalue weighted by Crippen LogP contribution is 2.11. The number of hydrogen-bond donors (Lipinski definition) is 1. The van der Waals surface area contributed by atoms with Crippen LogP contribution in [0.5, 0.6) is 5.75 Å². The molecule has 0 fully saturated rings. The second-order valence-corrected chi connectivity index (χ2v) is 4.92. The Bertz CT molecular complexity index is 620. The van der Waals surface area contributed by atoms with Gasteiger partial charge in [0.2, 0.25) is 5.91 Å². The summed E-state index contributed by atoms with van der Waals surface area (Å²) in [5.74, 6) is 0.226. The van der Waals surface area contributed by atoms with E-state index in [9.17, 15) is 9.90 Å². The van der Waals surface area contributed by atoms with E-state index < -0.39 is 0 Å². The lowest BCUT2D eigenvalue weighted by molar-refractivity contribution is -0.124. The van der Waals surface area contributed by atoms with Gasteiger partial charge in [0, 0.05) is 19.7 Å². The largest absolute Gasteiger partial charge is 0.508 e. The van der Waals surface area contributed by atoms with Gasteiger partial charge in [-0.05, 0) is 35.8 Å². The van der Waals surface area contributed by atoms with Crippen molar-refractivity contribution in [3.8, 4) is 5.75 Å². The van der Waals surface area contributed by atoms with E-state index >= 15 is 0 Å². The van der Waals surface area contributed by atoms with Gasteiger partial charge in [0.05, 0.1) is 0 Å². The fourth-order valence-electron chi connectivity index (χ4n) is 1.98. The maximum Gasteiger partial charge on any atom is 0.246 e. The van der Waals surface area contributed by atoms with E-state index in [4.69, 9.17) is 0 Å². The normalized spacial score (nSPS) is 10.7. The molecule has 0 unspecified atom stereocenters. The fraction of sp³-hybridized carbons (Fsp3) is 0.167. The van der Waals surface area contributed by atoms with Crippen molar-refractivity contribution < 1.29 is 9.90 Å². The number of nitrogens with zero attached hydrogens (tertiary/aromatic N) is 1. The highest BCUT2D eigenvalue weighted by Gasteiger charge is 2.05. The first-order valence-corrected chi connectivity index (χ1v) is 6.91. The van der Waals surface area contributed by atoms with Crippen molar-refractivity contribution >= 4 is 12.0 Å². The third kappa shape index (κ3) is 4.80. The van der Waals surface area contributed by atoms with Crippen molar-refractivity contribution in [3.05, 3.63) is 71.8 Å². The summed E-state index contributed by atoms with van der Waals surface area (Å²) in [6.07, 6.45) is 4.11. The molecule has 1 amide bonds. The third-order valence-corrected chi connectivity index (χ3v) is 3.24. The Morgan fingerprint density at radius 1 is 1.14 bits per heavy atom. The minimum Gasteiger partial charge on any atom is -0.508 e. The quantitative estimate of drug-likeness (QED) is 0.855. The van der Waals surface area contributed by atoms with Crippen molar-refractivity contribution in [2.45, 2.75) is 6.42 Å². The first-order valence-electron chi connectivity index (χ1n) is 6.91. The first kappa shape index (κ1) is 14.9. The zero-order chi connectivity index (χ0) is 15.1. The average molecular weight is 281 g/mol. The monoisotopic (exact) mass is 281 g/mol. The number of carbonyl (C=O) groups is 1. The predicted octanol–water partition coefficient (Wildman–Crippen LogP) is 3.11. The molecular weight excluding hydrogens is 262 g/mol. The molecule has 0 saturated carbocycles. The van der Waals surface area contributed by atoms with Crippen LogP contribution in [0, 0.1) is 0 Å². The molecule has 21 heavy (non-hydrogen) atoms. The summed E-state index contributed by atoms with van der Waals surface area (Å²) < 4.78 is 0. The van der Waals surface area contributed by atoms with Gasteiger partial charge in [-0.1, -0.05) is 42.5 Å². The lowest BCUT2D eigenvalue weighted by Gasteiger charge is -2.15. The van der Waals surface area contributed by atoms with Crippen LogP contribution in [0.3, 0.4) is 0 Å². The second-order valence-electron chi connectivity index (χ2n) is 4.92. The van der Waals surface area contributed by atoms with E-state index in [1.165, 1.54) is 0 Å². The molecule has 0 aromatic heterocycles. The minimum absolute atomic E-state index is 0.0287. The molecule has 2 aromatic rings. The standard InChI is InChI=1S/C18H19NO2/c1-19(13-12-16-8-5-9-17(20)14-16)18(21)11-10-15-6-3-2-4-7-15/h2-11,14,20H,12-13H2,1H3/b11-10+. The number of benzene rings is 2. The van der Waals surface area contributed by atoms with Crippen LogP contribution in [0.2, 0.25) is 0 Å². The van der Waals surface area contributed by atoms with Gasteiger partial charge in [-0.15, -0.1) is 0 Å². The Morgan fingerprint density at radius 3 is 2.62 bits per heavy atom. The van der Waals surface area contributed by atoms with Crippen LogP contribution in [0.1, 0.15) is 11.1 Å². The molecular formula is C18H19NO2. The van der Waals surface area contributed by atoms with E-state index in [1.807, 2.05) is 48.5 Å². The predicted molar refractivity (Wildman–Crippen MR) is 84.9 cm³/mol. The Balaban J connectivity index is 1.87. The van der Waals surface area contributed by atoms with Gasteiger partial charge >= 0.3 is 0 Å². The van der Waals surface area contributed by atoms with Crippen LogP contribution >= 0.6 is 0 Å². The Labute approximate surface area is 125 Å². The average Bonchev–Trinajstić information content (AvgIpc) is 2.51. The van der Waals surface area contributed by atoms with Gasteiger partial charge < -0.3 is 10.0 Å². The van der Waals surface area contributed by atoms with Gasteiger partial charge in [0.15, 0.2) is 0 Å². The van der Waals surface area contributed by atoms with E-state index in [1.54, 1.807) is 30.2 Å². The Hall–Kier alpha value is -2.55. The van der Waals surface area contributed by atoms with Crippen LogP contribution in [0.4, 0.5) is 0 Å². The van der Waals surface area contributed by atoms with Crippen LogP contribution in [-0.2, 0) is 11.2 Å². The van der Waals surface area contributed by atoms with Crippen LogP contribution < -0.4 is 0 Å². The van der Waals surface area contributed by atoms with E-state index in [0.717, 1.165) is 17.5 Å². The second kappa shape index (κ2) is 7.29. The Kier molecular flexibility index (Phi) is 5.16. The SMILES string of the molecule is CN(CCc1cccc(O)c1)C(=O)/C=C/c1ccccc1. The number of amides is 1. The smallest absolute Gasteiger partial charge is 0.246 e.